The third kappa shape index (κ3) is 6.47. The first-order valence-corrected chi connectivity index (χ1v) is 11.3. The summed E-state index contributed by atoms with van der Waals surface area (Å²) in [5.74, 6) is -1.62. The zero-order valence-electron chi connectivity index (χ0n) is 15.6. The fourth-order valence-corrected chi connectivity index (χ4v) is 4.18. The molecule has 0 aliphatic heterocycles. The van der Waals surface area contributed by atoms with Gasteiger partial charge in [0.1, 0.15) is 6.04 Å². The molecule has 30 heavy (non-hydrogen) atoms. The number of sulfonamides is 1. The van der Waals surface area contributed by atoms with Crippen molar-refractivity contribution in [3.8, 4) is 0 Å². The second-order valence-corrected chi connectivity index (χ2v) is 9.48. The largest absolute Gasteiger partial charge is 0.451 e. The zero-order valence-corrected chi connectivity index (χ0v) is 19.4. The minimum Gasteiger partial charge on any atom is -0.451 e. The number of amides is 1. The van der Waals surface area contributed by atoms with Gasteiger partial charge in [0, 0.05) is 5.02 Å². The van der Waals surface area contributed by atoms with Crippen molar-refractivity contribution < 1.29 is 22.7 Å². The van der Waals surface area contributed by atoms with E-state index in [9.17, 15) is 18.0 Å². The van der Waals surface area contributed by atoms with Crippen LogP contribution in [0.1, 0.15) is 13.8 Å². The Balaban J connectivity index is 2.00. The highest BCUT2D eigenvalue weighted by Crippen LogP contribution is 2.26. The number of hydrogen-bond donors (Lipinski definition) is 2. The molecule has 2 aromatic carbocycles. The number of halogens is 4. The maximum atomic E-state index is 12.4. The van der Waals surface area contributed by atoms with Gasteiger partial charge in [-0.25, -0.2) is 8.42 Å². The summed E-state index contributed by atoms with van der Waals surface area (Å²) in [5.41, 5.74) is 0.280. The molecular formula is C18H16Cl4N2O5S. The monoisotopic (exact) mass is 512 g/mol. The Morgan fingerprint density at radius 3 is 2.20 bits per heavy atom. The SMILES string of the molecule is CC(OC(=O)[C@H](C)NS(=O)(=O)c1ccc(Cl)c(Cl)c1)C(=O)Nc1ccc(Cl)cc1Cl. The van der Waals surface area contributed by atoms with E-state index in [0.717, 1.165) is 6.07 Å². The summed E-state index contributed by atoms with van der Waals surface area (Å²) >= 11 is 23.4. The molecule has 1 unspecified atom stereocenters. The molecule has 0 aliphatic carbocycles. The molecule has 0 saturated heterocycles. The van der Waals surface area contributed by atoms with Gasteiger partial charge in [0.15, 0.2) is 6.10 Å². The van der Waals surface area contributed by atoms with Gasteiger partial charge in [-0.05, 0) is 50.2 Å². The highest BCUT2D eigenvalue weighted by Gasteiger charge is 2.27. The van der Waals surface area contributed by atoms with Crippen LogP contribution in [0.5, 0.6) is 0 Å². The predicted octanol–water partition coefficient (Wildman–Crippen LogP) is 4.54. The van der Waals surface area contributed by atoms with Crippen LogP contribution >= 0.6 is 46.4 Å². The highest BCUT2D eigenvalue weighted by atomic mass is 35.5. The minimum absolute atomic E-state index is 0.0425. The van der Waals surface area contributed by atoms with E-state index < -0.39 is 34.0 Å². The fraction of sp³-hybridized carbons (Fsp3) is 0.222. The van der Waals surface area contributed by atoms with Crippen LogP contribution in [0, 0.1) is 0 Å². The molecule has 0 aromatic heterocycles. The van der Waals surface area contributed by atoms with Gasteiger partial charge in [0.2, 0.25) is 10.0 Å². The zero-order chi connectivity index (χ0) is 22.6. The summed E-state index contributed by atoms with van der Waals surface area (Å²) in [5, 5.41) is 3.32. The number of nitrogens with one attached hydrogen (secondary N) is 2. The van der Waals surface area contributed by atoms with E-state index in [4.69, 9.17) is 51.1 Å². The van der Waals surface area contributed by atoms with Crippen LogP contribution in [0.4, 0.5) is 5.69 Å². The van der Waals surface area contributed by atoms with Crippen LogP contribution in [-0.4, -0.2) is 32.4 Å². The van der Waals surface area contributed by atoms with E-state index in [-0.39, 0.29) is 25.7 Å². The molecule has 1 amide bonds. The van der Waals surface area contributed by atoms with Crippen molar-refractivity contribution in [1.29, 1.82) is 0 Å². The normalized spacial score (nSPS) is 13.4. The first kappa shape index (κ1) is 24.7. The van der Waals surface area contributed by atoms with E-state index in [1.165, 1.54) is 44.2 Å². The van der Waals surface area contributed by atoms with Gasteiger partial charge in [0.05, 0.1) is 25.7 Å². The molecule has 7 nitrogen and oxygen atoms in total. The van der Waals surface area contributed by atoms with Crippen LogP contribution in [-0.2, 0) is 24.3 Å². The molecule has 0 fully saturated rings. The second kappa shape index (κ2) is 10.2. The molecule has 0 bridgehead atoms. The molecular weight excluding hydrogens is 498 g/mol. The van der Waals surface area contributed by atoms with Crippen molar-refractivity contribution in [2.45, 2.75) is 30.9 Å². The number of ether oxygens (including phenoxy) is 1. The van der Waals surface area contributed by atoms with Gasteiger partial charge in [-0.2, -0.15) is 4.72 Å². The van der Waals surface area contributed by atoms with Gasteiger partial charge in [-0.1, -0.05) is 46.4 Å². The quantitative estimate of drug-likeness (QED) is 0.529. The molecule has 2 atom stereocenters. The van der Waals surface area contributed by atoms with E-state index in [1.54, 1.807) is 0 Å². The summed E-state index contributed by atoms with van der Waals surface area (Å²) in [6.07, 6.45) is -1.22. The van der Waals surface area contributed by atoms with Crippen molar-refractivity contribution in [2.75, 3.05) is 5.32 Å². The molecule has 0 saturated carbocycles. The number of esters is 1. The molecule has 2 rings (SSSR count). The smallest absolute Gasteiger partial charge is 0.324 e. The van der Waals surface area contributed by atoms with Gasteiger partial charge in [-0.15, -0.1) is 0 Å². The lowest BCUT2D eigenvalue weighted by Gasteiger charge is -2.18. The third-order valence-electron chi connectivity index (χ3n) is 3.74. The molecule has 2 N–H and O–H groups in total. The molecule has 2 aromatic rings. The van der Waals surface area contributed by atoms with Gasteiger partial charge < -0.3 is 10.1 Å². The van der Waals surface area contributed by atoms with E-state index >= 15 is 0 Å². The highest BCUT2D eigenvalue weighted by molar-refractivity contribution is 7.89. The fourth-order valence-electron chi connectivity index (χ4n) is 2.15. The van der Waals surface area contributed by atoms with Crippen LogP contribution in [0.2, 0.25) is 20.1 Å². The molecule has 0 radical (unpaired) electrons. The number of anilines is 1. The summed E-state index contributed by atoms with van der Waals surface area (Å²) in [4.78, 5) is 24.3. The number of benzene rings is 2. The summed E-state index contributed by atoms with van der Waals surface area (Å²) in [7, 11) is -4.08. The number of rotatable bonds is 7. The van der Waals surface area contributed by atoms with Crippen molar-refractivity contribution in [1.82, 2.24) is 4.72 Å². The number of hydrogen-bond acceptors (Lipinski definition) is 5. The Bertz CT molecular complexity index is 1080. The Morgan fingerprint density at radius 1 is 0.933 bits per heavy atom. The average molecular weight is 514 g/mol. The van der Waals surface area contributed by atoms with E-state index in [1.807, 2.05) is 0 Å². The summed E-state index contributed by atoms with van der Waals surface area (Å²) < 4.78 is 32.0. The topological polar surface area (TPSA) is 102 Å². The second-order valence-electron chi connectivity index (χ2n) is 6.11. The molecule has 0 heterocycles. The third-order valence-corrected chi connectivity index (χ3v) is 6.56. The van der Waals surface area contributed by atoms with E-state index in [0.29, 0.717) is 5.02 Å². The Kier molecular flexibility index (Phi) is 8.38. The lowest BCUT2D eigenvalue weighted by molar-refractivity contribution is -0.154. The van der Waals surface area contributed by atoms with Gasteiger partial charge >= 0.3 is 5.97 Å². The summed E-state index contributed by atoms with van der Waals surface area (Å²) in [6.45, 7) is 2.61. The lowest BCUT2D eigenvalue weighted by atomic mass is 10.3. The maximum absolute atomic E-state index is 12.4. The van der Waals surface area contributed by atoms with Crippen LogP contribution in [0.15, 0.2) is 41.3 Å². The van der Waals surface area contributed by atoms with Crippen molar-refractivity contribution in [3.05, 3.63) is 56.5 Å². The van der Waals surface area contributed by atoms with Gasteiger partial charge in [0.25, 0.3) is 5.91 Å². The van der Waals surface area contributed by atoms with Crippen LogP contribution in [0.25, 0.3) is 0 Å². The molecule has 162 valence electrons. The first-order chi connectivity index (χ1) is 13.9. The first-order valence-electron chi connectivity index (χ1n) is 8.34. The minimum atomic E-state index is -4.08. The Morgan fingerprint density at radius 2 is 1.60 bits per heavy atom. The maximum Gasteiger partial charge on any atom is 0.324 e. The molecule has 0 aliphatic rings. The lowest BCUT2D eigenvalue weighted by Crippen LogP contribution is -2.42. The Labute approximate surface area is 193 Å². The van der Waals surface area contributed by atoms with Crippen LogP contribution in [0.3, 0.4) is 0 Å². The number of carbonyl (C=O) groups excluding carboxylic acids is 2. The van der Waals surface area contributed by atoms with Crippen molar-refractivity contribution in [2.24, 2.45) is 0 Å². The molecule has 0 spiro atoms. The standard InChI is InChI=1S/C18H16Cl4N2O5S/c1-9(24-30(27,28)12-4-5-13(20)14(21)8-12)18(26)29-10(2)17(25)23-16-6-3-11(19)7-15(16)22/h3-10,24H,1-2H3,(H,23,25)/t9-,10?/m0/s1. The summed E-state index contributed by atoms with van der Waals surface area (Å²) in [6, 6.07) is 6.88. The molecule has 12 heteroatoms. The van der Waals surface area contributed by atoms with Crippen LogP contribution < -0.4 is 10.0 Å². The van der Waals surface area contributed by atoms with Gasteiger partial charge in [-0.3, -0.25) is 9.59 Å². The van der Waals surface area contributed by atoms with E-state index in [2.05, 4.69) is 10.0 Å². The predicted molar refractivity (Wildman–Crippen MR) is 117 cm³/mol. The average Bonchev–Trinajstić information content (AvgIpc) is 2.65. The number of carbonyl (C=O) groups is 2. The Hall–Kier alpha value is -1.55. The van der Waals surface area contributed by atoms with Crippen molar-refractivity contribution in [3.63, 3.8) is 0 Å². The van der Waals surface area contributed by atoms with Crippen molar-refractivity contribution >= 4 is 74.0 Å².